The van der Waals surface area contributed by atoms with Gasteiger partial charge in [0, 0.05) is 64.1 Å². The predicted octanol–water partition coefficient (Wildman–Crippen LogP) is 12.2. The van der Waals surface area contributed by atoms with E-state index >= 15 is 0 Å². The Bertz CT molecular complexity index is 3150. The number of hydrogen-bond acceptors (Lipinski definition) is 5. The van der Waals surface area contributed by atoms with E-state index in [2.05, 4.69) is 120 Å². The highest BCUT2D eigenvalue weighted by molar-refractivity contribution is 7.25. The van der Waals surface area contributed by atoms with Crippen molar-refractivity contribution in [1.29, 1.82) is 0 Å². The fraction of sp³-hybridized carbons (Fsp3) is 0. The van der Waals surface area contributed by atoms with Gasteiger partial charge < -0.3 is 8.98 Å². The van der Waals surface area contributed by atoms with Crippen LogP contribution in [0.3, 0.4) is 0 Å². The maximum Gasteiger partial charge on any atom is 0.164 e. The number of fused-ring (bicyclic) bond motifs is 10. The smallest absolute Gasteiger partial charge is 0.164 e. The largest absolute Gasteiger partial charge is 0.456 e. The number of hydrogen-bond donors (Lipinski definition) is 0. The van der Waals surface area contributed by atoms with Crippen molar-refractivity contribution in [3.63, 3.8) is 0 Å². The maximum atomic E-state index is 6.31. The number of benzene rings is 7. The van der Waals surface area contributed by atoms with Crippen LogP contribution in [-0.2, 0) is 0 Å². The Kier molecular flexibility index (Phi) is 6.05. The van der Waals surface area contributed by atoms with Crippen LogP contribution in [0.1, 0.15) is 0 Å². The summed E-state index contributed by atoms with van der Waals surface area (Å²) in [7, 11) is 0. The van der Waals surface area contributed by atoms with Crippen molar-refractivity contribution in [1.82, 2.24) is 19.5 Å². The van der Waals surface area contributed by atoms with Crippen LogP contribution in [0.5, 0.6) is 0 Å². The molecule has 51 heavy (non-hydrogen) atoms. The van der Waals surface area contributed by atoms with Crippen LogP contribution in [0.2, 0.25) is 0 Å². The minimum atomic E-state index is 0.625. The lowest BCUT2D eigenvalue weighted by atomic mass is 10.1. The fourth-order valence-corrected chi connectivity index (χ4v) is 8.64. The second kappa shape index (κ2) is 10.9. The molecule has 0 spiro atoms. The van der Waals surface area contributed by atoms with Gasteiger partial charge in [-0.05, 0) is 60.7 Å². The van der Waals surface area contributed by atoms with Crippen LogP contribution in [-0.4, -0.2) is 19.5 Å². The lowest BCUT2D eigenvalue weighted by Gasteiger charge is -2.11. The second-order valence-electron chi connectivity index (χ2n) is 12.8. The van der Waals surface area contributed by atoms with E-state index in [9.17, 15) is 0 Å². The zero-order valence-electron chi connectivity index (χ0n) is 27.1. The van der Waals surface area contributed by atoms with Crippen LogP contribution in [0, 0.1) is 0 Å². The summed E-state index contributed by atoms with van der Waals surface area (Å²) < 4.78 is 11.2. The third-order valence-corrected chi connectivity index (χ3v) is 11.0. The molecule has 0 saturated heterocycles. The van der Waals surface area contributed by atoms with E-state index in [-0.39, 0.29) is 0 Å². The van der Waals surface area contributed by atoms with Gasteiger partial charge in [-0.3, -0.25) is 0 Å². The molecule has 7 aromatic carbocycles. The summed E-state index contributed by atoms with van der Waals surface area (Å²) in [5.74, 6) is 1.91. The standard InChI is InChI=1S/C45H26N4OS/c1-2-11-27(12-3-1)43-46-44(48-45(47-43)29-21-24-40-34(26-29)31-15-6-9-20-39(31)51-40)28-13-10-14-30(25-28)49-35-18-7-4-16-32(35)41-36(49)22-23-38-42(41)33-17-5-8-19-37(33)50-38/h1-26H. The molecule has 0 bridgehead atoms. The van der Waals surface area contributed by atoms with Crippen molar-refractivity contribution in [3.05, 3.63) is 158 Å². The molecule has 6 heteroatoms. The summed E-state index contributed by atoms with van der Waals surface area (Å²) in [5, 5.41) is 7.08. The molecule has 0 aliphatic carbocycles. The molecule has 0 radical (unpaired) electrons. The molecule has 0 amide bonds. The lowest BCUT2D eigenvalue weighted by Crippen LogP contribution is -2.01. The first kappa shape index (κ1) is 28.2. The van der Waals surface area contributed by atoms with Crippen molar-refractivity contribution in [2.75, 3.05) is 0 Å². The number of rotatable bonds is 4. The third-order valence-electron chi connectivity index (χ3n) is 9.84. The average Bonchev–Trinajstić information content (AvgIpc) is 3.87. The van der Waals surface area contributed by atoms with Crippen molar-refractivity contribution in [2.45, 2.75) is 0 Å². The number of furan rings is 1. The van der Waals surface area contributed by atoms with Gasteiger partial charge in [-0.15, -0.1) is 11.3 Å². The van der Waals surface area contributed by atoms with E-state index in [0.717, 1.165) is 55.3 Å². The Hall–Kier alpha value is -6.63. The van der Waals surface area contributed by atoms with Gasteiger partial charge >= 0.3 is 0 Å². The molecule has 0 atom stereocenters. The Morgan fingerprint density at radius 3 is 1.94 bits per heavy atom. The van der Waals surface area contributed by atoms with E-state index in [4.69, 9.17) is 19.4 Å². The highest BCUT2D eigenvalue weighted by atomic mass is 32.1. The first-order valence-corrected chi connectivity index (χ1v) is 17.8. The minimum absolute atomic E-state index is 0.625. The highest BCUT2D eigenvalue weighted by Gasteiger charge is 2.20. The van der Waals surface area contributed by atoms with E-state index < -0.39 is 0 Å². The van der Waals surface area contributed by atoms with Crippen LogP contribution >= 0.6 is 11.3 Å². The summed E-state index contributed by atoms with van der Waals surface area (Å²) in [5.41, 5.74) is 7.87. The fourth-order valence-electron chi connectivity index (χ4n) is 7.55. The molecule has 238 valence electrons. The minimum Gasteiger partial charge on any atom is -0.456 e. The van der Waals surface area contributed by atoms with Gasteiger partial charge in [0.05, 0.1) is 11.0 Å². The van der Waals surface area contributed by atoms with E-state index in [1.54, 1.807) is 0 Å². The molecule has 0 aliphatic rings. The van der Waals surface area contributed by atoms with Gasteiger partial charge in [0.1, 0.15) is 11.2 Å². The van der Waals surface area contributed by atoms with Crippen molar-refractivity contribution < 1.29 is 4.42 Å². The number of aromatic nitrogens is 4. The van der Waals surface area contributed by atoms with Crippen LogP contribution < -0.4 is 0 Å². The van der Waals surface area contributed by atoms with Crippen LogP contribution in [0.15, 0.2) is 162 Å². The molecule has 0 aliphatic heterocycles. The topological polar surface area (TPSA) is 56.7 Å². The summed E-state index contributed by atoms with van der Waals surface area (Å²) in [4.78, 5) is 15.3. The Balaban J connectivity index is 1.12. The Labute approximate surface area is 295 Å². The lowest BCUT2D eigenvalue weighted by molar-refractivity contribution is 0.669. The third kappa shape index (κ3) is 4.37. The Morgan fingerprint density at radius 1 is 0.412 bits per heavy atom. The van der Waals surface area contributed by atoms with Gasteiger partial charge in [-0.25, -0.2) is 15.0 Å². The molecular weight excluding hydrogens is 645 g/mol. The first-order chi connectivity index (χ1) is 25.3. The number of nitrogens with zero attached hydrogens (tertiary/aromatic N) is 4. The molecule has 11 aromatic rings. The van der Waals surface area contributed by atoms with Crippen molar-refractivity contribution >= 4 is 75.3 Å². The van der Waals surface area contributed by atoms with E-state index in [1.165, 1.54) is 30.9 Å². The molecular formula is C45H26N4OS. The number of para-hydroxylation sites is 2. The summed E-state index contributed by atoms with van der Waals surface area (Å²) in [6.45, 7) is 0. The van der Waals surface area contributed by atoms with Gasteiger partial charge in [0.15, 0.2) is 17.5 Å². The SMILES string of the molecule is c1ccc(-c2nc(-c3cccc(-n4c5ccccc5c5c6c(ccc54)oc4ccccc46)c3)nc(-c3ccc4sc5ccccc5c4c3)n2)cc1. The highest BCUT2D eigenvalue weighted by Crippen LogP contribution is 2.42. The van der Waals surface area contributed by atoms with Gasteiger partial charge in [-0.1, -0.05) is 97.1 Å². The molecule has 0 unspecified atom stereocenters. The first-order valence-electron chi connectivity index (χ1n) is 16.9. The normalized spacial score (nSPS) is 11.9. The predicted molar refractivity (Wildman–Crippen MR) is 211 cm³/mol. The van der Waals surface area contributed by atoms with E-state index in [1.807, 2.05) is 53.8 Å². The maximum absolute atomic E-state index is 6.31. The molecule has 0 fully saturated rings. The van der Waals surface area contributed by atoms with Crippen LogP contribution in [0.4, 0.5) is 0 Å². The molecule has 4 aromatic heterocycles. The molecule has 0 N–H and O–H groups in total. The summed E-state index contributed by atoms with van der Waals surface area (Å²) >= 11 is 1.81. The van der Waals surface area contributed by atoms with Crippen LogP contribution in [0.25, 0.3) is 104 Å². The zero-order chi connectivity index (χ0) is 33.5. The monoisotopic (exact) mass is 670 g/mol. The summed E-state index contributed by atoms with van der Waals surface area (Å²) in [6, 6.07) is 54.9. The molecule has 5 nitrogen and oxygen atoms in total. The van der Waals surface area contributed by atoms with Gasteiger partial charge in [0.2, 0.25) is 0 Å². The molecule has 11 rings (SSSR count). The summed E-state index contributed by atoms with van der Waals surface area (Å²) in [6.07, 6.45) is 0. The zero-order valence-corrected chi connectivity index (χ0v) is 27.9. The quantitative estimate of drug-likeness (QED) is 0.187. The average molecular weight is 671 g/mol. The Morgan fingerprint density at radius 2 is 1.08 bits per heavy atom. The molecule has 4 heterocycles. The van der Waals surface area contributed by atoms with Gasteiger partial charge in [-0.2, -0.15) is 0 Å². The second-order valence-corrected chi connectivity index (χ2v) is 13.9. The molecule has 0 saturated carbocycles. The van der Waals surface area contributed by atoms with E-state index in [0.29, 0.717) is 17.5 Å². The van der Waals surface area contributed by atoms with Crippen molar-refractivity contribution in [3.8, 4) is 39.9 Å². The van der Waals surface area contributed by atoms with Crippen molar-refractivity contribution in [2.24, 2.45) is 0 Å². The number of thiophene rings is 1. The van der Waals surface area contributed by atoms with Gasteiger partial charge in [0.25, 0.3) is 0 Å².